The van der Waals surface area contributed by atoms with Crippen molar-refractivity contribution < 1.29 is 13.3 Å². The molecular weight excluding hydrogens is 665 g/mol. The summed E-state index contributed by atoms with van der Waals surface area (Å²) in [7, 11) is 0. The summed E-state index contributed by atoms with van der Waals surface area (Å²) in [5.74, 6) is 0.602. The number of rotatable bonds is 6. The third kappa shape index (κ3) is 4.98. The van der Waals surface area contributed by atoms with Crippen LogP contribution in [0.15, 0.2) is 195 Å². The summed E-state index contributed by atoms with van der Waals surface area (Å²) in [4.78, 5) is 7.09. The van der Waals surface area contributed by atoms with E-state index in [9.17, 15) is 0 Å². The van der Waals surface area contributed by atoms with Crippen molar-refractivity contribution in [2.75, 3.05) is 4.90 Å². The standard InChI is InChI=1S/C49H30N2O3/c1-3-11-32(12-4-1)37-15-7-9-17-43(37)51(36-24-26-39-38-16-8-10-18-44(38)52-46(39)28-36)35-22-19-31(20-23-35)34-21-25-40-41-29-42-48(30-47(41)53-45(40)27-34)54-49(50-42)33-13-5-2-6-14-33/h1-30H. The van der Waals surface area contributed by atoms with Crippen molar-refractivity contribution in [2.24, 2.45) is 0 Å². The van der Waals surface area contributed by atoms with Gasteiger partial charge in [0.2, 0.25) is 5.89 Å². The summed E-state index contributed by atoms with van der Waals surface area (Å²) in [5, 5.41) is 4.27. The molecule has 3 aromatic heterocycles. The predicted molar refractivity (Wildman–Crippen MR) is 220 cm³/mol. The van der Waals surface area contributed by atoms with Gasteiger partial charge in [0.05, 0.1) is 5.69 Å². The predicted octanol–water partition coefficient (Wildman–Crippen LogP) is 14.1. The van der Waals surface area contributed by atoms with Gasteiger partial charge in [0.1, 0.15) is 27.8 Å². The van der Waals surface area contributed by atoms with Crippen LogP contribution in [0.3, 0.4) is 0 Å². The Morgan fingerprint density at radius 2 is 0.963 bits per heavy atom. The van der Waals surface area contributed by atoms with Gasteiger partial charge >= 0.3 is 0 Å². The van der Waals surface area contributed by atoms with E-state index in [0.717, 1.165) is 94.3 Å². The van der Waals surface area contributed by atoms with Gasteiger partial charge in [-0.15, -0.1) is 0 Å². The molecule has 8 aromatic carbocycles. The molecule has 3 heterocycles. The van der Waals surface area contributed by atoms with Crippen LogP contribution in [0.4, 0.5) is 17.1 Å². The largest absolute Gasteiger partial charge is 0.456 e. The summed E-state index contributed by atoms with van der Waals surface area (Å²) in [5.41, 5.74) is 13.4. The molecule has 0 aliphatic heterocycles. The Morgan fingerprint density at radius 3 is 1.81 bits per heavy atom. The van der Waals surface area contributed by atoms with Crippen LogP contribution in [-0.4, -0.2) is 4.98 Å². The molecule has 0 aliphatic carbocycles. The van der Waals surface area contributed by atoms with Crippen molar-refractivity contribution >= 4 is 72.0 Å². The number of para-hydroxylation sites is 2. The van der Waals surface area contributed by atoms with E-state index in [0.29, 0.717) is 11.5 Å². The van der Waals surface area contributed by atoms with Gasteiger partial charge in [-0.05, 0) is 83.4 Å². The molecule has 254 valence electrons. The lowest BCUT2D eigenvalue weighted by molar-refractivity contribution is 0.617. The van der Waals surface area contributed by atoms with E-state index in [1.54, 1.807) is 0 Å². The second kappa shape index (κ2) is 12.1. The van der Waals surface area contributed by atoms with Crippen LogP contribution in [0, 0.1) is 0 Å². The first-order chi connectivity index (χ1) is 26.7. The fraction of sp³-hybridized carbons (Fsp3) is 0. The number of benzene rings is 8. The smallest absolute Gasteiger partial charge is 0.227 e. The molecule has 5 nitrogen and oxygen atoms in total. The lowest BCUT2D eigenvalue weighted by Crippen LogP contribution is -2.11. The highest BCUT2D eigenvalue weighted by atomic mass is 16.4. The number of oxazole rings is 1. The van der Waals surface area contributed by atoms with Gasteiger partial charge in [0, 0.05) is 56.2 Å². The average molecular weight is 695 g/mol. The second-order valence-electron chi connectivity index (χ2n) is 13.6. The van der Waals surface area contributed by atoms with E-state index < -0.39 is 0 Å². The Hall–Kier alpha value is -7.37. The maximum absolute atomic E-state index is 6.42. The normalized spacial score (nSPS) is 11.7. The van der Waals surface area contributed by atoms with Crippen LogP contribution in [0.2, 0.25) is 0 Å². The summed E-state index contributed by atoms with van der Waals surface area (Å²) < 4.78 is 18.9. The van der Waals surface area contributed by atoms with E-state index in [1.165, 1.54) is 0 Å². The molecule has 0 atom stereocenters. The third-order valence-electron chi connectivity index (χ3n) is 10.3. The van der Waals surface area contributed by atoms with E-state index in [1.807, 2.05) is 48.5 Å². The van der Waals surface area contributed by atoms with Crippen molar-refractivity contribution in [1.29, 1.82) is 0 Å². The number of aromatic nitrogens is 1. The molecule has 0 aliphatic rings. The molecule has 0 bridgehead atoms. The van der Waals surface area contributed by atoms with Crippen molar-refractivity contribution in [1.82, 2.24) is 4.98 Å². The average Bonchev–Trinajstić information content (AvgIpc) is 3.93. The van der Waals surface area contributed by atoms with Gasteiger partial charge in [-0.25, -0.2) is 4.98 Å². The Balaban J connectivity index is 0.990. The Bertz CT molecular complexity index is 3160. The minimum Gasteiger partial charge on any atom is -0.456 e. The van der Waals surface area contributed by atoms with Crippen LogP contribution < -0.4 is 4.90 Å². The number of anilines is 3. The molecule has 0 saturated carbocycles. The molecule has 5 heteroatoms. The van der Waals surface area contributed by atoms with E-state index in [2.05, 4.69) is 138 Å². The lowest BCUT2D eigenvalue weighted by Gasteiger charge is -2.28. The molecule has 0 saturated heterocycles. The molecule has 0 spiro atoms. The van der Waals surface area contributed by atoms with Gasteiger partial charge < -0.3 is 18.2 Å². The summed E-state index contributed by atoms with van der Waals surface area (Å²) in [6.07, 6.45) is 0. The SMILES string of the molecule is c1ccc(-c2nc3cc4c(cc3o2)oc2cc(-c3ccc(N(c5ccc6c(c5)oc5ccccc56)c5ccccc5-c5ccccc5)cc3)ccc24)cc1. The van der Waals surface area contributed by atoms with Crippen LogP contribution >= 0.6 is 0 Å². The van der Waals surface area contributed by atoms with Crippen LogP contribution in [0.5, 0.6) is 0 Å². The number of furan rings is 2. The minimum atomic E-state index is 0.602. The van der Waals surface area contributed by atoms with Gasteiger partial charge in [-0.1, -0.05) is 103 Å². The van der Waals surface area contributed by atoms with Crippen molar-refractivity contribution in [3.63, 3.8) is 0 Å². The molecule has 54 heavy (non-hydrogen) atoms. The number of hydrogen-bond acceptors (Lipinski definition) is 5. The first-order valence-corrected chi connectivity index (χ1v) is 18.0. The minimum absolute atomic E-state index is 0.602. The Kier molecular flexibility index (Phi) is 6.79. The van der Waals surface area contributed by atoms with Crippen LogP contribution in [0.25, 0.3) is 88.7 Å². The highest BCUT2D eigenvalue weighted by Crippen LogP contribution is 2.43. The fourth-order valence-electron chi connectivity index (χ4n) is 7.70. The second-order valence-corrected chi connectivity index (χ2v) is 13.6. The quantitative estimate of drug-likeness (QED) is 0.173. The molecule has 11 aromatic rings. The van der Waals surface area contributed by atoms with Crippen molar-refractivity contribution in [2.45, 2.75) is 0 Å². The maximum Gasteiger partial charge on any atom is 0.227 e. The van der Waals surface area contributed by atoms with Crippen LogP contribution in [0.1, 0.15) is 0 Å². The first-order valence-electron chi connectivity index (χ1n) is 18.0. The van der Waals surface area contributed by atoms with Gasteiger partial charge in [0.15, 0.2) is 5.58 Å². The summed E-state index contributed by atoms with van der Waals surface area (Å²) in [6.45, 7) is 0. The number of fused-ring (bicyclic) bond motifs is 7. The zero-order valence-corrected chi connectivity index (χ0v) is 28.9. The fourth-order valence-corrected chi connectivity index (χ4v) is 7.70. The van der Waals surface area contributed by atoms with E-state index in [4.69, 9.17) is 18.2 Å². The van der Waals surface area contributed by atoms with Gasteiger partial charge in [-0.3, -0.25) is 0 Å². The zero-order chi connectivity index (χ0) is 35.6. The Labute approximate surface area is 309 Å². The van der Waals surface area contributed by atoms with Gasteiger partial charge in [-0.2, -0.15) is 0 Å². The lowest BCUT2D eigenvalue weighted by atomic mass is 10.0. The molecule has 11 rings (SSSR count). The summed E-state index contributed by atoms with van der Waals surface area (Å²) in [6, 6.07) is 62.9. The van der Waals surface area contributed by atoms with Crippen molar-refractivity contribution in [3.8, 4) is 33.7 Å². The maximum atomic E-state index is 6.42. The van der Waals surface area contributed by atoms with Crippen molar-refractivity contribution in [3.05, 3.63) is 182 Å². The number of nitrogens with zero attached hydrogens (tertiary/aromatic N) is 2. The van der Waals surface area contributed by atoms with E-state index >= 15 is 0 Å². The first kappa shape index (κ1) is 30.3. The molecule has 0 radical (unpaired) electrons. The highest BCUT2D eigenvalue weighted by molar-refractivity contribution is 6.10. The molecule has 0 fully saturated rings. The topological polar surface area (TPSA) is 55.6 Å². The van der Waals surface area contributed by atoms with Crippen LogP contribution in [-0.2, 0) is 0 Å². The molecular formula is C49H30N2O3. The monoisotopic (exact) mass is 694 g/mol. The van der Waals surface area contributed by atoms with E-state index in [-0.39, 0.29) is 0 Å². The Morgan fingerprint density at radius 1 is 0.352 bits per heavy atom. The molecule has 0 N–H and O–H groups in total. The summed E-state index contributed by atoms with van der Waals surface area (Å²) >= 11 is 0. The number of hydrogen-bond donors (Lipinski definition) is 0. The highest BCUT2D eigenvalue weighted by Gasteiger charge is 2.20. The zero-order valence-electron chi connectivity index (χ0n) is 28.9. The van der Waals surface area contributed by atoms with Gasteiger partial charge in [0.25, 0.3) is 0 Å². The molecule has 0 unspecified atom stereocenters. The molecule has 0 amide bonds. The third-order valence-corrected chi connectivity index (χ3v) is 10.3.